The lowest BCUT2D eigenvalue weighted by atomic mass is 9.89. The van der Waals surface area contributed by atoms with Crippen molar-refractivity contribution in [3.05, 3.63) is 70.0 Å². The third-order valence-electron chi connectivity index (χ3n) is 4.63. The summed E-state index contributed by atoms with van der Waals surface area (Å²) in [7, 11) is 1.61. The third-order valence-corrected chi connectivity index (χ3v) is 4.63. The van der Waals surface area contributed by atoms with E-state index in [-0.39, 0.29) is 17.3 Å². The van der Waals surface area contributed by atoms with Crippen LogP contribution < -0.4 is 4.74 Å². The van der Waals surface area contributed by atoms with Crippen LogP contribution in [0.3, 0.4) is 0 Å². The zero-order valence-corrected chi connectivity index (χ0v) is 15.4. The van der Waals surface area contributed by atoms with Crippen molar-refractivity contribution in [3.63, 3.8) is 0 Å². The number of halogens is 1. The molecule has 1 aliphatic heterocycles. The van der Waals surface area contributed by atoms with Crippen LogP contribution in [0.4, 0.5) is 10.1 Å². The number of likely N-dealkylation sites (tertiary alicyclic amines) is 1. The first-order valence-electron chi connectivity index (χ1n) is 8.97. The quantitative estimate of drug-likeness (QED) is 0.284. The van der Waals surface area contributed by atoms with Crippen LogP contribution in [0.1, 0.15) is 24.4 Å². The molecule has 0 N–H and O–H groups in total. The second-order valence-electron chi connectivity index (χ2n) is 6.52. The number of ether oxygens (including phenoxy) is 2. The molecule has 0 saturated carbocycles. The smallest absolute Gasteiger partial charge is 0.269 e. The number of unbranched alkanes of at least 4 members (excludes halogenated alkanes) is 1. The van der Waals surface area contributed by atoms with E-state index in [0.717, 1.165) is 12.8 Å². The van der Waals surface area contributed by atoms with Gasteiger partial charge >= 0.3 is 0 Å². The molecule has 1 fully saturated rings. The second-order valence-corrected chi connectivity index (χ2v) is 6.52. The van der Waals surface area contributed by atoms with Crippen molar-refractivity contribution in [2.45, 2.75) is 25.0 Å². The highest BCUT2D eigenvalue weighted by Crippen LogP contribution is 2.39. The molecule has 28 heavy (non-hydrogen) atoms. The molecule has 0 radical (unpaired) electrons. The Bertz CT molecular complexity index is 860. The molecule has 2 aromatic rings. The highest BCUT2D eigenvalue weighted by Gasteiger charge is 2.50. The summed E-state index contributed by atoms with van der Waals surface area (Å²) in [5, 5.41) is 11.1. The number of carbonyl (C=O) groups excluding carboxylic acids is 1. The molecule has 1 saturated heterocycles. The average molecular weight is 388 g/mol. The number of amides is 1. The molecule has 3 rings (SSSR count). The van der Waals surface area contributed by atoms with Gasteiger partial charge in [0.05, 0.1) is 4.92 Å². The number of nitro groups is 1. The van der Waals surface area contributed by atoms with Crippen molar-refractivity contribution in [1.29, 1.82) is 0 Å². The Hall–Kier alpha value is -3.00. The molecule has 8 heteroatoms. The molecule has 1 amide bonds. The number of non-ortho nitro benzene ring substituents is 1. The van der Waals surface area contributed by atoms with Gasteiger partial charge in [-0.3, -0.25) is 14.9 Å². The van der Waals surface area contributed by atoms with Crippen LogP contribution in [0.2, 0.25) is 0 Å². The number of rotatable bonds is 9. The molecule has 2 aromatic carbocycles. The summed E-state index contributed by atoms with van der Waals surface area (Å²) in [5.41, 5.74) is 0.558. The standard InChI is InChI=1S/C20H21FN2O5/c1-27-11-3-2-10-22-18(14-6-4-8-16(12-14)23(25)26)19(20(22)24)28-17-9-5-7-15(21)13-17/h4-9,12-13,18-19H,2-3,10-11H2,1H3. The van der Waals surface area contributed by atoms with Gasteiger partial charge < -0.3 is 14.4 Å². The fourth-order valence-corrected chi connectivity index (χ4v) is 3.27. The number of methoxy groups -OCH3 is 1. The number of hydrogen-bond donors (Lipinski definition) is 0. The Kier molecular flexibility index (Phi) is 6.20. The third kappa shape index (κ3) is 4.28. The van der Waals surface area contributed by atoms with Gasteiger partial charge in [-0.1, -0.05) is 18.2 Å². The molecular weight excluding hydrogens is 367 g/mol. The van der Waals surface area contributed by atoms with E-state index in [0.29, 0.717) is 18.7 Å². The summed E-state index contributed by atoms with van der Waals surface area (Å²) in [6, 6.07) is 11.2. The predicted octanol–water partition coefficient (Wildman–Crippen LogP) is 3.49. The van der Waals surface area contributed by atoms with E-state index < -0.39 is 22.9 Å². The lowest BCUT2D eigenvalue weighted by Gasteiger charge is -2.46. The number of nitro benzene ring substituents is 1. The first-order chi connectivity index (χ1) is 13.5. The fourth-order valence-electron chi connectivity index (χ4n) is 3.27. The lowest BCUT2D eigenvalue weighted by molar-refractivity contribution is -0.385. The van der Waals surface area contributed by atoms with Gasteiger partial charge in [-0.2, -0.15) is 0 Å². The molecule has 0 aromatic heterocycles. The van der Waals surface area contributed by atoms with Crippen molar-refractivity contribution < 1.29 is 23.6 Å². The Balaban J connectivity index is 1.82. The normalized spacial score (nSPS) is 18.6. The monoisotopic (exact) mass is 388 g/mol. The minimum Gasteiger partial charge on any atom is -0.478 e. The summed E-state index contributed by atoms with van der Waals surface area (Å²) in [6.45, 7) is 1.07. The molecule has 1 aliphatic rings. The van der Waals surface area contributed by atoms with E-state index in [2.05, 4.69) is 0 Å². The summed E-state index contributed by atoms with van der Waals surface area (Å²) in [5.74, 6) is -0.446. The second kappa shape index (κ2) is 8.79. The number of carbonyl (C=O) groups is 1. The van der Waals surface area contributed by atoms with Crippen molar-refractivity contribution in [3.8, 4) is 5.75 Å². The topological polar surface area (TPSA) is 81.9 Å². The SMILES string of the molecule is COCCCCN1C(=O)C(Oc2cccc(F)c2)C1c1cccc([N+](=O)[O-])c1. The van der Waals surface area contributed by atoms with E-state index in [1.165, 1.54) is 30.3 Å². The van der Waals surface area contributed by atoms with Crippen molar-refractivity contribution in [1.82, 2.24) is 4.90 Å². The molecule has 148 valence electrons. The van der Waals surface area contributed by atoms with E-state index in [4.69, 9.17) is 9.47 Å². The van der Waals surface area contributed by atoms with Gasteiger partial charge in [-0.05, 0) is 30.5 Å². The summed E-state index contributed by atoms with van der Waals surface area (Å²) >= 11 is 0. The number of hydrogen-bond acceptors (Lipinski definition) is 5. The summed E-state index contributed by atoms with van der Waals surface area (Å²) < 4.78 is 24.2. The Morgan fingerprint density at radius 1 is 1.18 bits per heavy atom. The van der Waals surface area contributed by atoms with Gasteiger partial charge in [0.15, 0.2) is 0 Å². The summed E-state index contributed by atoms with van der Waals surface area (Å²) in [6.07, 6.45) is 0.668. The molecule has 0 aliphatic carbocycles. The summed E-state index contributed by atoms with van der Waals surface area (Å²) in [4.78, 5) is 24.9. The Morgan fingerprint density at radius 2 is 1.96 bits per heavy atom. The van der Waals surface area contributed by atoms with Crippen molar-refractivity contribution in [2.24, 2.45) is 0 Å². The van der Waals surface area contributed by atoms with Crippen LogP contribution in [-0.4, -0.2) is 42.1 Å². The lowest BCUT2D eigenvalue weighted by Crippen LogP contribution is -2.61. The maximum Gasteiger partial charge on any atom is 0.269 e. The molecule has 2 atom stereocenters. The van der Waals surface area contributed by atoms with E-state index >= 15 is 0 Å². The molecule has 1 heterocycles. The highest BCUT2D eigenvalue weighted by atomic mass is 19.1. The van der Waals surface area contributed by atoms with Gasteiger partial charge in [0.1, 0.15) is 17.6 Å². The van der Waals surface area contributed by atoms with Crippen LogP contribution in [0.5, 0.6) is 5.75 Å². The van der Waals surface area contributed by atoms with E-state index in [1.807, 2.05) is 0 Å². The van der Waals surface area contributed by atoms with Crippen molar-refractivity contribution in [2.75, 3.05) is 20.3 Å². The van der Waals surface area contributed by atoms with Crippen LogP contribution in [0.15, 0.2) is 48.5 Å². The van der Waals surface area contributed by atoms with Crippen LogP contribution in [0.25, 0.3) is 0 Å². The molecular formula is C20H21FN2O5. The Labute approximate surface area is 161 Å². The fraction of sp³-hybridized carbons (Fsp3) is 0.350. The van der Waals surface area contributed by atoms with Crippen LogP contribution in [-0.2, 0) is 9.53 Å². The number of β-lactam (4-membered cyclic amide) rings is 1. The number of benzene rings is 2. The minimum atomic E-state index is -0.855. The zero-order valence-electron chi connectivity index (χ0n) is 15.4. The molecule has 0 spiro atoms. The van der Waals surface area contributed by atoms with Crippen LogP contribution in [0, 0.1) is 15.9 Å². The average Bonchev–Trinajstić information content (AvgIpc) is 2.69. The number of nitrogens with zero attached hydrogens (tertiary/aromatic N) is 2. The van der Waals surface area contributed by atoms with Gasteiger partial charge in [0.2, 0.25) is 6.10 Å². The minimum absolute atomic E-state index is 0.0549. The first kappa shape index (κ1) is 19.8. The highest BCUT2D eigenvalue weighted by molar-refractivity contribution is 5.89. The maximum absolute atomic E-state index is 13.5. The first-order valence-corrected chi connectivity index (χ1v) is 8.97. The largest absolute Gasteiger partial charge is 0.478 e. The molecule has 0 bridgehead atoms. The van der Waals surface area contributed by atoms with Gasteiger partial charge in [0, 0.05) is 38.5 Å². The Morgan fingerprint density at radius 3 is 2.68 bits per heavy atom. The predicted molar refractivity (Wildman–Crippen MR) is 99.5 cm³/mol. The molecule has 2 unspecified atom stereocenters. The van der Waals surface area contributed by atoms with E-state index in [1.54, 1.807) is 30.2 Å². The van der Waals surface area contributed by atoms with Crippen molar-refractivity contribution >= 4 is 11.6 Å². The maximum atomic E-state index is 13.5. The van der Waals surface area contributed by atoms with E-state index in [9.17, 15) is 19.3 Å². The van der Waals surface area contributed by atoms with Crippen LogP contribution >= 0.6 is 0 Å². The van der Waals surface area contributed by atoms with Gasteiger partial charge in [-0.25, -0.2) is 4.39 Å². The zero-order chi connectivity index (χ0) is 20.1. The molecule has 7 nitrogen and oxygen atoms in total. The van der Waals surface area contributed by atoms with Gasteiger partial charge in [-0.15, -0.1) is 0 Å². The van der Waals surface area contributed by atoms with Gasteiger partial charge in [0.25, 0.3) is 11.6 Å².